The molecule has 1 aromatic heterocycles. The summed E-state index contributed by atoms with van der Waals surface area (Å²) < 4.78 is 23.5. The van der Waals surface area contributed by atoms with E-state index in [-0.39, 0.29) is 11.8 Å². The Bertz CT molecular complexity index is 565. The highest BCUT2D eigenvalue weighted by Crippen LogP contribution is 2.23. The molecule has 2 aromatic rings. The first kappa shape index (κ1) is 12.9. The van der Waals surface area contributed by atoms with Crippen LogP contribution in [0.1, 0.15) is 0 Å². The number of hydrogen-bond donors (Lipinski definition) is 2. The van der Waals surface area contributed by atoms with Crippen LogP contribution in [-0.2, 0) is 0 Å². The minimum absolute atomic E-state index is 0.0160. The van der Waals surface area contributed by atoms with Crippen LogP contribution in [0.5, 0.6) is 11.8 Å². The molecule has 2 N–H and O–H groups in total. The highest BCUT2D eigenvalue weighted by Gasteiger charge is 2.07. The van der Waals surface area contributed by atoms with Crippen LogP contribution in [0.3, 0.4) is 0 Å². The minimum Gasteiger partial charge on any atom is -0.495 e. The van der Waals surface area contributed by atoms with E-state index in [1.54, 1.807) is 19.2 Å². The molecule has 0 fully saturated rings. The van der Waals surface area contributed by atoms with E-state index < -0.39 is 5.82 Å². The largest absolute Gasteiger partial charge is 0.495 e. The van der Waals surface area contributed by atoms with Gasteiger partial charge < -0.3 is 9.47 Å². The van der Waals surface area contributed by atoms with E-state index in [0.717, 1.165) is 6.20 Å². The van der Waals surface area contributed by atoms with Gasteiger partial charge in [0.15, 0.2) is 11.6 Å². The molecule has 0 spiro atoms. The lowest BCUT2D eigenvalue weighted by molar-refractivity contribution is 0.377. The molecular weight excluding hydrogens is 251 g/mol. The highest BCUT2D eigenvalue weighted by atomic mass is 19.1. The number of nitrogens with one attached hydrogen (secondary N) is 2. The number of methoxy groups -OCH3 is 2. The van der Waals surface area contributed by atoms with Gasteiger partial charge in [-0.2, -0.15) is 4.98 Å². The second kappa shape index (κ2) is 5.85. The van der Waals surface area contributed by atoms with Gasteiger partial charge in [-0.3, -0.25) is 10.9 Å². The smallest absolute Gasteiger partial charge is 0.318 e. The minimum atomic E-state index is -0.594. The molecule has 0 saturated carbocycles. The van der Waals surface area contributed by atoms with Crippen LogP contribution in [0, 0.1) is 5.82 Å². The standard InChI is InChI=1S/C12H13FN4O2/c1-18-10-6-4-3-5-9(10)16-17-11-8(13)7-14-12(15-11)19-2/h3-7,16H,1-2H3,(H,14,15,17). The molecule has 0 amide bonds. The third-order valence-electron chi connectivity index (χ3n) is 2.33. The summed E-state index contributed by atoms with van der Waals surface area (Å²) in [5.74, 6) is 0.0115. The molecule has 100 valence electrons. The van der Waals surface area contributed by atoms with Gasteiger partial charge in [-0.25, -0.2) is 9.37 Å². The van der Waals surface area contributed by atoms with E-state index in [4.69, 9.17) is 9.47 Å². The Balaban J connectivity index is 2.14. The maximum absolute atomic E-state index is 13.5. The summed E-state index contributed by atoms with van der Waals surface area (Å²) in [6.45, 7) is 0. The first-order valence-corrected chi connectivity index (χ1v) is 5.46. The number of para-hydroxylation sites is 2. The number of hydrazine groups is 1. The number of anilines is 2. The number of rotatable bonds is 5. The number of benzene rings is 1. The van der Waals surface area contributed by atoms with Gasteiger partial charge in [0.25, 0.3) is 0 Å². The van der Waals surface area contributed by atoms with E-state index in [9.17, 15) is 4.39 Å². The van der Waals surface area contributed by atoms with Crippen LogP contribution in [0.2, 0.25) is 0 Å². The van der Waals surface area contributed by atoms with E-state index in [0.29, 0.717) is 11.4 Å². The van der Waals surface area contributed by atoms with E-state index in [1.807, 2.05) is 12.1 Å². The molecule has 0 saturated heterocycles. The molecule has 0 unspecified atom stereocenters. The lowest BCUT2D eigenvalue weighted by Gasteiger charge is -2.12. The van der Waals surface area contributed by atoms with Crippen LogP contribution in [0.15, 0.2) is 30.5 Å². The Labute approximate surface area is 109 Å². The zero-order valence-electron chi connectivity index (χ0n) is 10.5. The molecule has 0 bridgehead atoms. The van der Waals surface area contributed by atoms with Crippen molar-refractivity contribution in [3.05, 3.63) is 36.3 Å². The van der Waals surface area contributed by atoms with E-state index in [1.165, 1.54) is 7.11 Å². The first-order chi connectivity index (χ1) is 9.24. The Morgan fingerprint density at radius 3 is 2.63 bits per heavy atom. The first-order valence-electron chi connectivity index (χ1n) is 5.46. The number of nitrogens with zero attached hydrogens (tertiary/aromatic N) is 2. The third-order valence-corrected chi connectivity index (χ3v) is 2.33. The summed E-state index contributed by atoms with van der Waals surface area (Å²) in [7, 11) is 2.96. The van der Waals surface area contributed by atoms with Crippen molar-refractivity contribution in [3.8, 4) is 11.8 Å². The van der Waals surface area contributed by atoms with Gasteiger partial charge in [0.1, 0.15) is 5.75 Å². The second-order valence-electron chi connectivity index (χ2n) is 3.50. The van der Waals surface area contributed by atoms with Crippen molar-refractivity contribution >= 4 is 11.5 Å². The van der Waals surface area contributed by atoms with Crippen molar-refractivity contribution in [2.75, 3.05) is 25.1 Å². The maximum Gasteiger partial charge on any atom is 0.318 e. The molecule has 0 aliphatic heterocycles. The molecule has 6 nitrogen and oxygen atoms in total. The zero-order chi connectivity index (χ0) is 13.7. The fourth-order valence-corrected chi connectivity index (χ4v) is 1.41. The fourth-order valence-electron chi connectivity index (χ4n) is 1.41. The van der Waals surface area contributed by atoms with Crippen molar-refractivity contribution in [2.24, 2.45) is 0 Å². The average molecular weight is 264 g/mol. The average Bonchev–Trinajstić information content (AvgIpc) is 2.46. The fraction of sp³-hybridized carbons (Fsp3) is 0.167. The number of halogens is 1. The molecule has 7 heteroatoms. The molecular formula is C12H13FN4O2. The number of ether oxygens (including phenoxy) is 2. The topological polar surface area (TPSA) is 68.3 Å². The van der Waals surface area contributed by atoms with Gasteiger partial charge in [-0.05, 0) is 12.1 Å². The SMILES string of the molecule is COc1ncc(F)c(NNc2ccccc2OC)n1. The van der Waals surface area contributed by atoms with Gasteiger partial charge in [-0.15, -0.1) is 0 Å². The van der Waals surface area contributed by atoms with Crippen molar-refractivity contribution in [1.29, 1.82) is 0 Å². The molecule has 1 aromatic carbocycles. The predicted octanol–water partition coefficient (Wildman–Crippen LogP) is 2.07. The Morgan fingerprint density at radius 2 is 1.89 bits per heavy atom. The van der Waals surface area contributed by atoms with Crippen LogP contribution in [0.25, 0.3) is 0 Å². The number of hydrogen-bond acceptors (Lipinski definition) is 6. The van der Waals surface area contributed by atoms with Crippen molar-refractivity contribution in [1.82, 2.24) is 9.97 Å². The van der Waals surface area contributed by atoms with Crippen LogP contribution in [0.4, 0.5) is 15.9 Å². The van der Waals surface area contributed by atoms with Gasteiger partial charge in [-0.1, -0.05) is 12.1 Å². The van der Waals surface area contributed by atoms with Crippen LogP contribution < -0.4 is 20.3 Å². The van der Waals surface area contributed by atoms with Crippen molar-refractivity contribution in [3.63, 3.8) is 0 Å². The van der Waals surface area contributed by atoms with Crippen molar-refractivity contribution in [2.45, 2.75) is 0 Å². The number of aromatic nitrogens is 2. The Hall–Kier alpha value is -2.57. The summed E-state index contributed by atoms with van der Waals surface area (Å²) in [5, 5.41) is 0. The van der Waals surface area contributed by atoms with Crippen molar-refractivity contribution < 1.29 is 13.9 Å². The summed E-state index contributed by atoms with van der Waals surface area (Å²) in [6, 6.07) is 7.29. The molecule has 1 heterocycles. The molecule has 0 radical (unpaired) electrons. The van der Waals surface area contributed by atoms with Crippen LogP contribution in [-0.4, -0.2) is 24.2 Å². The van der Waals surface area contributed by atoms with Crippen LogP contribution >= 0.6 is 0 Å². The lowest BCUT2D eigenvalue weighted by Crippen LogP contribution is -2.13. The Kier molecular flexibility index (Phi) is 3.97. The zero-order valence-corrected chi connectivity index (χ0v) is 10.5. The Morgan fingerprint density at radius 1 is 1.11 bits per heavy atom. The monoisotopic (exact) mass is 264 g/mol. The summed E-state index contributed by atoms with van der Waals surface area (Å²) >= 11 is 0. The summed E-state index contributed by atoms with van der Waals surface area (Å²) in [4.78, 5) is 7.48. The summed E-state index contributed by atoms with van der Waals surface area (Å²) in [6.07, 6.45) is 1.03. The summed E-state index contributed by atoms with van der Waals surface area (Å²) in [5.41, 5.74) is 6.11. The quantitative estimate of drug-likeness (QED) is 0.806. The highest BCUT2D eigenvalue weighted by molar-refractivity contribution is 5.59. The molecule has 2 rings (SSSR count). The second-order valence-corrected chi connectivity index (χ2v) is 3.50. The lowest BCUT2D eigenvalue weighted by atomic mass is 10.3. The third kappa shape index (κ3) is 3.01. The molecule has 0 aliphatic carbocycles. The maximum atomic E-state index is 13.5. The predicted molar refractivity (Wildman–Crippen MR) is 68.8 cm³/mol. The van der Waals surface area contributed by atoms with Gasteiger partial charge >= 0.3 is 6.01 Å². The van der Waals surface area contributed by atoms with Gasteiger partial charge in [0.05, 0.1) is 26.1 Å². The van der Waals surface area contributed by atoms with E-state index >= 15 is 0 Å². The molecule has 19 heavy (non-hydrogen) atoms. The molecule has 0 aliphatic rings. The van der Waals surface area contributed by atoms with Gasteiger partial charge in [0, 0.05) is 0 Å². The molecule has 0 atom stereocenters. The normalized spacial score (nSPS) is 9.84. The van der Waals surface area contributed by atoms with E-state index in [2.05, 4.69) is 20.8 Å². The van der Waals surface area contributed by atoms with Gasteiger partial charge in [0.2, 0.25) is 0 Å².